The van der Waals surface area contributed by atoms with Crippen molar-refractivity contribution in [3.63, 3.8) is 0 Å². The lowest BCUT2D eigenvalue weighted by molar-refractivity contribution is -0.120. The second-order valence-electron chi connectivity index (χ2n) is 4.84. The van der Waals surface area contributed by atoms with Gasteiger partial charge in [-0.3, -0.25) is 19.9 Å². The van der Waals surface area contributed by atoms with Gasteiger partial charge in [-0.25, -0.2) is 0 Å². The third kappa shape index (κ3) is 3.13. The molecule has 0 aliphatic rings. The van der Waals surface area contributed by atoms with Crippen LogP contribution in [0, 0.1) is 5.92 Å². The van der Waals surface area contributed by atoms with Crippen molar-refractivity contribution in [3.05, 3.63) is 30.1 Å². The number of pyridine rings is 1. The van der Waals surface area contributed by atoms with Crippen LogP contribution in [-0.2, 0) is 4.79 Å². The molecule has 2 aromatic heterocycles. The van der Waals surface area contributed by atoms with E-state index in [9.17, 15) is 9.59 Å². The summed E-state index contributed by atoms with van der Waals surface area (Å²) in [7, 11) is 0. The number of nitrogens with zero attached hydrogens (tertiary/aromatic N) is 2. The first-order valence-electron chi connectivity index (χ1n) is 7.09. The predicted octanol–water partition coefficient (Wildman–Crippen LogP) is 2.21. The van der Waals surface area contributed by atoms with Gasteiger partial charge in [-0.2, -0.15) is 0 Å². The van der Waals surface area contributed by atoms with E-state index in [-0.39, 0.29) is 29.0 Å². The summed E-state index contributed by atoms with van der Waals surface area (Å²) in [4.78, 5) is 27.8. The molecule has 0 aromatic carbocycles. The Bertz CT molecular complexity index is 663. The highest BCUT2D eigenvalue weighted by molar-refractivity contribution is 6.06. The van der Waals surface area contributed by atoms with Gasteiger partial charge in [0.15, 0.2) is 0 Å². The van der Waals surface area contributed by atoms with Crippen molar-refractivity contribution in [1.82, 2.24) is 10.1 Å². The van der Waals surface area contributed by atoms with Crippen LogP contribution in [0.2, 0.25) is 0 Å². The average molecular weight is 302 g/mol. The number of hydrogen-bond acceptors (Lipinski definition) is 5. The number of amides is 2. The van der Waals surface area contributed by atoms with Crippen molar-refractivity contribution in [1.29, 1.82) is 0 Å². The standard InChI is InChI=1S/C15H18N4O3/c1-3-9(4-2)14(21)18-15-11(13(16)20)12(19-22-15)10-6-5-7-17-8-10/h5-9H,3-4H2,1-2H3,(H2,16,20)(H,18,21). The third-order valence-corrected chi connectivity index (χ3v) is 3.47. The van der Waals surface area contributed by atoms with E-state index in [2.05, 4.69) is 15.5 Å². The van der Waals surface area contributed by atoms with E-state index in [1.807, 2.05) is 13.8 Å². The molecule has 22 heavy (non-hydrogen) atoms. The second-order valence-corrected chi connectivity index (χ2v) is 4.84. The molecule has 0 radical (unpaired) electrons. The Kier molecular flexibility index (Phi) is 4.88. The number of carbonyl (C=O) groups excluding carboxylic acids is 2. The minimum atomic E-state index is -0.722. The monoisotopic (exact) mass is 302 g/mol. The summed E-state index contributed by atoms with van der Waals surface area (Å²) in [5, 5.41) is 6.44. The minimum Gasteiger partial charge on any atom is -0.365 e. The third-order valence-electron chi connectivity index (χ3n) is 3.47. The number of carbonyl (C=O) groups is 2. The maximum atomic E-state index is 12.1. The molecule has 0 atom stereocenters. The lowest BCUT2D eigenvalue weighted by Gasteiger charge is -2.11. The van der Waals surface area contributed by atoms with Crippen LogP contribution in [0.1, 0.15) is 37.0 Å². The lowest BCUT2D eigenvalue weighted by Crippen LogP contribution is -2.23. The summed E-state index contributed by atoms with van der Waals surface area (Å²) in [5.41, 5.74) is 6.30. The van der Waals surface area contributed by atoms with E-state index < -0.39 is 5.91 Å². The molecule has 2 rings (SSSR count). The van der Waals surface area contributed by atoms with Crippen molar-refractivity contribution >= 4 is 17.7 Å². The van der Waals surface area contributed by atoms with Crippen LogP contribution in [0.25, 0.3) is 11.3 Å². The highest BCUT2D eigenvalue weighted by Crippen LogP contribution is 2.28. The minimum absolute atomic E-state index is 0.0248. The smallest absolute Gasteiger partial charge is 0.256 e. The van der Waals surface area contributed by atoms with E-state index in [1.54, 1.807) is 18.3 Å². The van der Waals surface area contributed by atoms with Crippen molar-refractivity contribution in [2.24, 2.45) is 11.7 Å². The molecule has 7 heteroatoms. The fraction of sp³-hybridized carbons (Fsp3) is 0.333. The van der Waals surface area contributed by atoms with E-state index in [1.165, 1.54) is 6.20 Å². The SMILES string of the molecule is CCC(CC)C(=O)Nc1onc(-c2cccnc2)c1C(N)=O. The number of hydrogen-bond donors (Lipinski definition) is 2. The summed E-state index contributed by atoms with van der Waals surface area (Å²) in [5.74, 6) is -1.13. The van der Waals surface area contributed by atoms with E-state index in [0.717, 1.165) is 0 Å². The first-order valence-corrected chi connectivity index (χ1v) is 7.09. The number of rotatable bonds is 6. The van der Waals surface area contributed by atoms with E-state index in [4.69, 9.17) is 10.3 Å². The number of anilines is 1. The van der Waals surface area contributed by atoms with Gasteiger partial charge in [0.2, 0.25) is 11.8 Å². The van der Waals surface area contributed by atoms with Gasteiger partial charge in [-0.15, -0.1) is 0 Å². The predicted molar refractivity (Wildman–Crippen MR) is 81.0 cm³/mol. The van der Waals surface area contributed by atoms with Gasteiger partial charge in [0.25, 0.3) is 5.91 Å². The highest BCUT2D eigenvalue weighted by Gasteiger charge is 2.25. The van der Waals surface area contributed by atoms with Gasteiger partial charge >= 0.3 is 0 Å². The van der Waals surface area contributed by atoms with Crippen LogP contribution in [0.15, 0.2) is 29.0 Å². The molecule has 2 amide bonds. The summed E-state index contributed by atoms with van der Waals surface area (Å²) >= 11 is 0. The molecule has 2 heterocycles. The van der Waals surface area contributed by atoms with Gasteiger partial charge in [0.1, 0.15) is 11.3 Å². The molecule has 0 aliphatic carbocycles. The Morgan fingerprint density at radius 2 is 2.09 bits per heavy atom. The van der Waals surface area contributed by atoms with Crippen LogP contribution in [0.5, 0.6) is 0 Å². The second kappa shape index (κ2) is 6.84. The number of nitrogens with two attached hydrogens (primary N) is 1. The first kappa shape index (κ1) is 15.7. The molecule has 0 unspecified atom stereocenters. The summed E-state index contributed by atoms with van der Waals surface area (Å²) < 4.78 is 5.11. The zero-order valence-electron chi connectivity index (χ0n) is 12.5. The summed E-state index contributed by atoms with van der Waals surface area (Å²) in [6.45, 7) is 3.84. The van der Waals surface area contributed by atoms with E-state index >= 15 is 0 Å². The van der Waals surface area contributed by atoms with Gasteiger partial charge in [-0.1, -0.05) is 19.0 Å². The molecule has 0 spiro atoms. The molecule has 7 nitrogen and oxygen atoms in total. The van der Waals surface area contributed by atoms with Gasteiger partial charge < -0.3 is 10.3 Å². The summed E-state index contributed by atoms with van der Waals surface area (Å²) in [6.07, 6.45) is 4.52. The van der Waals surface area contributed by atoms with Crippen molar-refractivity contribution < 1.29 is 14.1 Å². The Morgan fingerprint density at radius 1 is 1.36 bits per heavy atom. The largest absolute Gasteiger partial charge is 0.365 e. The summed E-state index contributed by atoms with van der Waals surface area (Å²) in [6, 6.07) is 3.43. The van der Waals surface area contributed by atoms with Crippen LogP contribution < -0.4 is 11.1 Å². The quantitative estimate of drug-likeness (QED) is 0.849. The Labute approximate surface area is 127 Å². The molecule has 0 saturated carbocycles. The van der Waals surface area contributed by atoms with Crippen molar-refractivity contribution in [3.8, 4) is 11.3 Å². The average Bonchev–Trinajstić information content (AvgIpc) is 2.93. The van der Waals surface area contributed by atoms with E-state index in [0.29, 0.717) is 18.4 Å². The van der Waals surface area contributed by atoms with Crippen LogP contribution >= 0.6 is 0 Å². The first-order chi connectivity index (χ1) is 10.6. The van der Waals surface area contributed by atoms with Crippen LogP contribution in [-0.4, -0.2) is 22.0 Å². The molecule has 0 aliphatic heterocycles. The fourth-order valence-corrected chi connectivity index (χ4v) is 2.18. The zero-order chi connectivity index (χ0) is 16.1. The molecular weight excluding hydrogens is 284 g/mol. The zero-order valence-corrected chi connectivity index (χ0v) is 12.5. The molecule has 0 saturated heterocycles. The van der Waals surface area contributed by atoms with Crippen molar-refractivity contribution in [2.45, 2.75) is 26.7 Å². The number of primary amides is 1. The topological polar surface area (TPSA) is 111 Å². The van der Waals surface area contributed by atoms with Gasteiger partial charge in [0, 0.05) is 23.9 Å². The Morgan fingerprint density at radius 3 is 2.64 bits per heavy atom. The van der Waals surface area contributed by atoms with Crippen molar-refractivity contribution in [2.75, 3.05) is 5.32 Å². The molecule has 0 bridgehead atoms. The fourth-order valence-electron chi connectivity index (χ4n) is 2.18. The van der Waals surface area contributed by atoms with Gasteiger partial charge in [0.05, 0.1) is 0 Å². The molecule has 2 aromatic rings. The molecule has 116 valence electrons. The Balaban J connectivity index is 2.36. The molecular formula is C15H18N4O3. The maximum Gasteiger partial charge on any atom is 0.256 e. The molecule has 3 N–H and O–H groups in total. The number of aromatic nitrogens is 2. The van der Waals surface area contributed by atoms with Crippen LogP contribution in [0.4, 0.5) is 5.88 Å². The Hall–Kier alpha value is -2.70. The maximum absolute atomic E-state index is 12.1. The highest BCUT2D eigenvalue weighted by atomic mass is 16.5. The van der Waals surface area contributed by atoms with Gasteiger partial charge in [-0.05, 0) is 25.0 Å². The normalized spacial score (nSPS) is 10.7. The van der Waals surface area contributed by atoms with Crippen LogP contribution in [0.3, 0.4) is 0 Å². The lowest BCUT2D eigenvalue weighted by atomic mass is 10.0. The molecule has 0 fully saturated rings. The number of nitrogens with one attached hydrogen (secondary N) is 1.